The van der Waals surface area contributed by atoms with E-state index in [1.54, 1.807) is 16.4 Å². The molecule has 2 saturated heterocycles. The van der Waals surface area contributed by atoms with Gasteiger partial charge in [-0.1, -0.05) is 30.5 Å². The van der Waals surface area contributed by atoms with Gasteiger partial charge in [0.2, 0.25) is 10.0 Å². The molecule has 3 fully saturated rings. The molecule has 3 aliphatic rings. The van der Waals surface area contributed by atoms with E-state index in [9.17, 15) is 8.42 Å². The van der Waals surface area contributed by atoms with Crippen LogP contribution in [0.4, 0.5) is 0 Å². The van der Waals surface area contributed by atoms with Gasteiger partial charge in [0, 0.05) is 6.54 Å². The summed E-state index contributed by atoms with van der Waals surface area (Å²) in [6.45, 7) is 9.02. The molecule has 2 heterocycles. The van der Waals surface area contributed by atoms with E-state index in [0.29, 0.717) is 11.4 Å². The predicted octanol–water partition coefficient (Wildman–Crippen LogP) is 4.04. The number of epoxide rings is 1. The first-order chi connectivity index (χ1) is 12.6. The number of piperidine rings is 1. The minimum atomic E-state index is -3.63. The topological polar surface area (TPSA) is 59.1 Å². The van der Waals surface area contributed by atoms with Crippen LogP contribution in [0.3, 0.4) is 0 Å². The first kappa shape index (κ1) is 19.6. The third-order valence-electron chi connectivity index (χ3n) is 6.07. The summed E-state index contributed by atoms with van der Waals surface area (Å²) in [5, 5.41) is 0. The number of fused-ring (bicyclic) bond motifs is 1. The highest BCUT2D eigenvalue weighted by atomic mass is 32.2. The molecule has 1 saturated carbocycles. The maximum Gasteiger partial charge on any atom is 0.245 e. The van der Waals surface area contributed by atoms with Gasteiger partial charge < -0.3 is 9.16 Å². The van der Waals surface area contributed by atoms with Gasteiger partial charge >= 0.3 is 0 Å². The second-order valence-electron chi connectivity index (χ2n) is 9.25. The van der Waals surface area contributed by atoms with E-state index in [1.807, 2.05) is 19.1 Å². The summed E-state index contributed by atoms with van der Waals surface area (Å²) in [5.41, 5.74) is -0.260. The highest BCUT2D eigenvalue weighted by Gasteiger charge is 2.76. The summed E-state index contributed by atoms with van der Waals surface area (Å²) in [4.78, 5) is 0.352. The van der Waals surface area contributed by atoms with Crippen molar-refractivity contribution >= 4 is 18.3 Å². The average Bonchev–Trinajstić information content (AvgIpc) is 3.18. The molecule has 2 aliphatic heterocycles. The summed E-state index contributed by atoms with van der Waals surface area (Å²) >= 11 is 0. The van der Waals surface area contributed by atoms with Crippen molar-refractivity contribution in [3.63, 3.8) is 0 Å². The zero-order chi connectivity index (χ0) is 19.5. The van der Waals surface area contributed by atoms with Crippen LogP contribution in [-0.2, 0) is 19.2 Å². The van der Waals surface area contributed by atoms with Crippen LogP contribution in [0.25, 0.3) is 0 Å². The van der Waals surface area contributed by atoms with Crippen molar-refractivity contribution in [3.05, 3.63) is 29.8 Å². The third-order valence-corrected chi connectivity index (χ3v) is 8.98. The van der Waals surface area contributed by atoms with Gasteiger partial charge in [-0.15, -0.1) is 0 Å². The standard InChI is InChI=1S/C20H31NO4SSi/c1-16-9-11-17(12-10-16)26(22,23)21-15-7-8-18-20(21,24-18)19(13-5-6-14-19)25-27(2,3)4/h9-12,18H,5-8,13-15H2,1-4H3/t18-,20+/m0/s1. The number of aryl methyl sites for hydroxylation is 1. The third kappa shape index (κ3) is 3.11. The van der Waals surface area contributed by atoms with E-state index in [1.165, 1.54) is 0 Å². The molecule has 150 valence electrons. The van der Waals surface area contributed by atoms with E-state index >= 15 is 0 Å². The Bertz CT molecular complexity index is 811. The van der Waals surface area contributed by atoms with E-state index in [4.69, 9.17) is 9.16 Å². The van der Waals surface area contributed by atoms with Crippen LogP contribution in [0.1, 0.15) is 44.1 Å². The van der Waals surface area contributed by atoms with Crippen LogP contribution < -0.4 is 0 Å². The Morgan fingerprint density at radius 3 is 2.33 bits per heavy atom. The van der Waals surface area contributed by atoms with E-state index in [0.717, 1.165) is 44.1 Å². The minimum Gasteiger partial charge on any atom is -0.408 e. The molecular formula is C20H31NO4SSi. The van der Waals surface area contributed by atoms with Crippen LogP contribution in [0.15, 0.2) is 29.2 Å². The van der Waals surface area contributed by atoms with Crippen molar-refractivity contribution in [1.82, 2.24) is 4.31 Å². The zero-order valence-corrected chi connectivity index (χ0v) is 18.6. The number of sulfonamides is 1. The number of hydrogen-bond donors (Lipinski definition) is 0. The summed E-state index contributed by atoms with van der Waals surface area (Å²) in [6.07, 6.45) is 5.61. The molecule has 0 unspecified atom stereocenters. The quantitative estimate of drug-likeness (QED) is 0.544. The maximum absolute atomic E-state index is 13.6. The molecule has 1 aromatic carbocycles. The molecule has 0 bridgehead atoms. The van der Waals surface area contributed by atoms with E-state index in [-0.39, 0.29) is 6.10 Å². The Labute approximate surface area is 164 Å². The van der Waals surface area contributed by atoms with E-state index < -0.39 is 29.7 Å². The van der Waals surface area contributed by atoms with Gasteiger partial charge in [0.25, 0.3) is 0 Å². The Hall–Kier alpha value is -0.733. The van der Waals surface area contributed by atoms with Crippen LogP contribution in [-0.4, -0.2) is 45.0 Å². The molecule has 5 nitrogen and oxygen atoms in total. The summed E-state index contributed by atoms with van der Waals surface area (Å²) in [7, 11) is -5.51. The molecule has 0 amide bonds. The average molecular weight is 410 g/mol. The highest BCUT2D eigenvalue weighted by molar-refractivity contribution is 7.89. The molecule has 0 aromatic heterocycles. The summed E-state index contributed by atoms with van der Waals surface area (Å²) in [6, 6.07) is 7.15. The molecule has 4 rings (SSSR count). The van der Waals surface area contributed by atoms with Crippen molar-refractivity contribution in [1.29, 1.82) is 0 Å². The largest absolute Gasteiger partial charge is 0.408 e. The monoisotopic (exact) mass is 409 g/mol. The van der Waals surface area contributed by atoms with Gasteiger partial charge in [0.15, 0.2) is 14.0 Å². The smallest absolute Gasteiger partial charge is 0.245 e. The van der Waals surface area contributed by atoms with Crippen molar-refractivity contribution < 1.29 is 17.6 Å². The van der Waals surface area contributed by atoms with Gasteiger partial charge in [-0.3, -0.25) is 0 Å². The second kappa shape index (κ2) is 6.39. The lowest BCUT2D eigenvalue weighted by atomic mass is 9.86. The number of benzene rings is 1. The Morgan fingerprint density at radius 2 is 1.74 bits per heavy atom. The SMILES string of the molecule is Cc1ccc(S(=O)(=O)N2CCC[C@@H]3O[C@@]32C2(O[Si](C)(C)C)CCCC2)cc1. The van der Waals surface area contributed by atoms with E-state index in [2.05, 4.69) is 19.6 Å². The molecule has 2 atom stereocenters. The van der Waals surface area contributed by atoms with Gasteiger partial charge in [0.1, 0.15) is 11.7 Å². The number of nitrogens with zero attached hydrogens (tertiary/aromatic N) is 1. The number of ether oxygens (including phenoxy) is 1. The lowest BCUT2D eigenvalue weighted by Crippen LogP contribution is -2.63. The first-order valence-electron chi connectivity index (χ1n) is 10.1. The van der Waals surface area contributed by atoms with Crippen molar-refractivity contribution in [2.45, 2.75) is 87.4 Å². The van der Waals surface area contributed by atoms with Gasteiger partial charge in [-0.2, -0.15) is 4.31 Å². The normalized spacial score (nSPS) is 30.9. The summed E-state index contributed by atoms with van der Waals surface area (Å²) in [5.74, 6) is 0. The van der Waals surface area contributed by atoms with Gasteiger partial charge in [-0.05, 0) is 64.4 Å². The highest BCUT2D eigenvalue weighted by Crippen LogP contribution is 2.61. The summed E-state index contributed by atoms with van der Waals surface area (Å²) < 4.78 is 41.9. The van der Waals surface area contributed by atoms with Crippen LogP contribution in [0.5, 0.6) is 0 Å². The molecule has 1 aliphatic carbocycles. The molecule has 0 N–H and O–H groups in total. The number of rotatable bonds is 5. The fourth-order valence-corrected chi connectivity index (χ4v) is 8.38. The van der Waals surface area contributed by atoms with Crippen molar-refractivity contribution in [3.8, 4) is 0 Å². The van der Waals surface area contributed by atoms with Crippen LogP contribution in [0, 0.1) is 6.92 Å². The van der Waals surface area contributed by atoms with Crippen LogP contribution >= 0.6 is 0 Å². The minimum absolute atomic E-state index is 0.0408. The molecule has 27 heavy (non-hydrogen) atoms. The fourth-order valence-electron chi connectivity index (χ4n) is 5.07. The zero-order valence-electron chi connectivity index (χ0n) is 16.8. The number of hydrogen-bond acceptors (Lipinski definition) is 4. The fraction of sp³-hybridized carbons (Fsp3) is 0.700. The van der Waals surface area contributed by atoms with Crippen molar-refractivity contribution in [2.24, 2.45) is 0 Å². The molecule has 7 heteroatoms. The molecule has 0 radical (unpaired) electrons. The Morgan fingerprint density at radius 1 is 1.11 bits per heavy atom. The van der Waals surface area contributed by atoms with Crippen molar-refractivity contribution in [2.75, 3.05) is 6.54 Å². The van der Waals surface area contributed by atoms with Gasteiger partial charge in [-0.25, -0.2) is 8.42 Å². The first-order valence-corrected chi connectivity index (χ1v) is 14.9. The lowest BCUT2D eigenvalue weighted by Gasteiger charge is -2.46. The Kier molecular flexibility index (Phi) is 4.63. The predicted molar refractivity (Wildman–Crippen MR) is 108 cm³/mol. The Balaban J connectivity index is 1.77. The molecule has 1 aromatic rings. The second-order valence-corrected chi connectivity index (χ2v) is 15.5. The lowest BCUT2D eigenvalue weighted by molar-refractivity contribution is -0.0690. The van der Waals surface area contributed by atoms with Crippen LogP contribution in [0.2, 0.25) is 19.6 Å². The maximum atomic E-state index is 13.6. The molecule has 0 spiro atoms. The molecular weight excluding hydrogens is 378 g/mol. The van der Waals surface area contributed by atoms with Gasteiger partial charge in [0.05, 0.1) is 4.90 Å².